The van der Waals surface area contributed by atoms with Gasteiger partial charge in [0, 0.05) is 56.8 Å². The number of benzene rings is 2. The Morgan fingerprint density at radius 3 is 1.77 bits per heavy atom. The number of hydrogen-bond donors (Lipinski definition) is 5. The molecule has 0 radical (unpaired) electrons. The second-order valence-electron chi connectivity index (χ2n) is 15.8. The molecular weight excluding hydrogens is 839 g/mol. The Morgan fingerprint density at radius 1 is 0.738 bits per heavy atom. The van der Waals surface area contributed by atoms with Gasteiger partial charge in [-0.2, -0.15) is 10.2 Å². The van der Waals surface area contributed by atoms with E-state index in [0.29, 0.717) is 95.4 Å². The molecule has 2 aliphatic rings. The summed E-state index contributed by atoms with van der Waals surface area (Å²) in [6, 6.07) is 9.13. The molecule has 65 heavy (non-hydrogen) atoms. The number of aliphatic carboxylic acids is 1. The number of primary amides is 1. The van der Waals surface area contributed by atoms with Crippen LogP contribution in [0.2, 0.25) is 0 Å². The van der Waals surface area contributed by atoms with Crippen LogP contribution in [0.1, 0.15) is 86.2 Å². The van der Waals surface area contributed by atoms with Crippen LogP contribution in [0.15, 0.2) is 48.6 Å². The topological polar surface area (TPSA) is 261 Å². The Kier molecular flexibility index (Phi) is 12.7. The van der Waals surface area contributed by atoms with Crippen LogP contribution in [0.25, 0.3) is 22.1 Å². The molecule has 8 rings (SSSR count). The highest BCUT2D eigenvalue weighted by Gasteiger charge is 2.30. The second-order valence-corrected chi connectivity index (χ2v) is 15.8. The molecule has 6 N–H and O–H groups in total. The molecule has 0 bridgehead atoms. The van der Waals surface area contributed by atoms with Crippen molar-refractivity contribution in [1.82, 2.24) is 48.9 Å². The van der Waals surface area contributed by atoms with Gasteiger partial charge in [0.25, 0.3) is 17.7 Å². The highest BCUT2D eigenvalue weighted by Crippen LogP contribution is 2.34. The molecule has 4 aromatic heterocycles. The zero-order valence-electron chi connectivity index (χ0n) is 36.6. The molecule has 21 heteroatoms. The minimum absolute atomic E-state index is 0.118. The maximum Gasteiger partial charge on any atom is 0.320 e. The number of ether oxygens (including phenoxy) is 2. The summed E-state index contributed by atoms with van der Waals surface area (Å²) in [5.74, 6) is -1.84. The Labute approximate surface area is 372 Å². The monoisotopic (exact) mass is 889 g/mol. The lowest BCUT2D eigenvalue weighted by atomic mass is 10.1. The first-order valence-corrected chi connectivity index (χ1v) is 21.6. The molecule has 0 spiro atoms. The molecule has 1 unspecified atom stereocenters. The van der Waals surface area contributed by atoms with Crippen molar-refractivity contribution < 1.29 is 38.6 Å². The van der Waals surface area contributed by atoms with E-state index < -0.39 is 35.6 Å². The van der Waals surface area contributed by atoms with Gasteiger partial charge in [-0.1, -0.05) is 12.2 Å². The number of rotatable bonds is 12. The van der Waals surface area contributed by atoms with Crippen molar-refractivity contribution in [2.24, 2.45) is 5.73 Å². The van der Waals surface area contributed by atoms with Gasteiger partial charge in [-0.25, -0.2) is 9.97 Å². The molecule has 21 nitrogen and oxygen atoms in total. The number of hydrogen-bond acceptors (Lipinski definition) is 12. The van der Waals surface area contributed by atoms with Gasteiger partial charge in [-0.3, -0.25) is 48.9 Å². The maximum absolute atomic E-state index is 13.9. The number of likely N-dealkylation sites (tertiary alicyclic amines) is 1. The highest BCUT2D eigenvalue weighted by atomic mass is 16.5. The number of carbonyl (C=O) groups is 5. The average molecular weight is 890 g/mol. The zero-order chi connectivity index (χ0) is 45.9. The van der Waals surface area contributed by atoms with Gasteiger partial charge >= 0.3 is 5.97 Å². The standard InChI is InChI=1S/C44H51N13O8/c1-5-56-32(19-25(3)51-56)40(60)49-43-47-29-21-27(38(45)58)23-34-36(29)54(43)14-7-8-15-55-37-30(48-44(55)50-41(61)33-20-26(4)52-57(33)6-2)22-28(24-35(37)65-18-10-17-64-34)39(59)46-12-16-53-13-9-11-31(53)42(62)63/h7-8,19-24,31H,5-6,9-18H2,1-4H3,(H2,45,58)(H,46,59)(H,62,63)(H,47,49,60)(H,48,50,61)/b8-7+. The van der Waals surface area contributed by atoms with Crippen molar-refractivity contribution in [3.05, 3.63) is 82.5 Å². The number of aromatic nitrogens is 8. The summed E-state index contributed by atoms with van der Waals surface area (Å²) in [5.41, 5.74) is 9.95. The van der Waals surface area contributed by atoms with Gasteiger partial charge in [0.1, 0.15) is 40.0 Å². The van der Waals surface area contributed by atoms with Crippen molar-refractivity contribution in [3.8, 4) is 11.5 Å². The quantitative estimate of drug-likeness (QED) is 0.110. The van der Waals surface area contributed by atoms with Crippen LogP contribution in [0.4, 0.5) is 11.9 Å². The number of nitrogens with two attached hydrogens (primary N) is 1. The van der Waals surface area contributed by atoms with Crippen molar-refractivity contribution in [1.29, 1.82) is 0 Å². The first-order valence-electron chi connectivity index (χ1n) is 21.6. The Morgan fingerprint density at radius 2 is 1.26 bits per heavy atom. The number of amides is 4. The molecule has 0 saturated carbocycles. The van der Waals surface area contributed by atoms with Gasteiger partial charge in [0.15, 0.2) is 0 Å². The molecule has 6 heterocycles. The van der Waals surface area contributed by atoms with Crippen LogP contribution < -0.4 is 31.2 Å². The van der Waals surface area contributed by atoms with Crippen molar-refractivity contribution >= 4 is 63.6 Å². The number of nitrogens with zero attached hydrogens (tertiary/aromatic N) is 9. The molecule has 1 fully saturated rings. The van der Waals surface area contributed by atoms with Gasteiger partial charge in [0.2, 0.25) is 17.8 Å². The predicted octanol–water partition coefficient (Wildman–Crippen LogP) is 3.74. The van der Waals surface area contributed by atoms with E-state index in [1.165, 1.54) is 0 Å². The van der Waals surface area contributed by atoms with E-state index in [4.69, 9.17) is 25.2 Å². The summed E-state index contributed by atoms with van der Waals surface area (Å²) in [5, 5.41) is 27.3. The number of carboxylic acids is 1. The van der Waals surface area contributed by atoms with E-state index in [-0.39, 0.29) is 55.9 Å². The first kappa shape index (κ1) is 44.1. The van der Waals surface area contributed by atoms with E-state index in [9.17, 15) is 29.1 Å². The highest BCUT2D eigenvalue weighted by molar-refractivity contribution is 6.05. The van der Waals surface area contributed by atoms with Gasteiger partial charge in [0.05, 0.1) is 35.6 Å². The third-order valence-electron chi connectivity index (χ3n) is 11.4. The summed E-state index contributed by atoms with van der Waals surface area (Å²) in [7, 11) is 0. The van der Waals surface area contributed by atoms with Gasteiger partial charge in [-0.05, 0) is 83.5 Å². The lowest BCUT2D eigenvalue weighted by molar-refractivity contribution is -0.142. The fraction of sp³-hybridized carbons (Fsp3) is 0.386. The van der Waals surface area contributed by atoms with E-state index in [1.54, 1.807) is 68.7 Å². The Balaban J connectivity index is 1.17. The zero-order valence-corrected chi connectivity index (χ0v) is 36.6. The fourth-order valence-electron chi connectivity index (χ4n) is 8.34. The third-order valence-corrected chi connectivity index (χ3v) is 11.4. The van der Waals surface area contributed by atoms with E-state index >= 15 is 0 Å². The predicted molar refractivity (Wildman–Crippen MR) is 238 cm³/mol. The molecule has 2 aliphatic heterocycles. The van der Waals surface area contributed by atoms with E-state index in [0.717, 1.165) is 6.42 Å². The molecule has 340 valence electrons. The molecular formula is C44H51N13O8. The lowest BCUT2D eigenvalue weighted by Crippen LogP contribution is -2.41. The number of nitrogens with one attached hydrogen (secondary N) is 3. The lowest BCUT2D eigenvalue weighted by Gasteiger charge is -2.21. The van der Waals surface area contributed by atoms with Crippen LogP contribution in [0, 0.1) is 13.8 Å². The summed E-state index contributed by atoms with van der Waals surface area (Å²) < 4.78 is 19.5. The largest absolute Gasteiger partial charge is 0.491 e. The normalized spacial score (nSPS) is 16.0. The van der Waals surface area contributed by atoms with Crippen LogP contribution in [-0.4, -0.2) is 117 Å². The van der Waals surface area contributed by atoms with E-state index in [1.807, 2.05) is 30.9 Å². The number of allylic oxidation sites excluding steroid dienone is 2. The molecule has 1 atom stereocenters. The summed E-state index contributed by atoms with van der Waals surface area (Å²) in [6.07, 6.45) is 5.38. The van der Waals surface area contributed by atoms with Gasteiger partial charge in [-0.15, -0.1) is 0 Å². The van der Waals surface area contributed by atoms with Crippen LogP contribution in [0.3, 0.4) is 0 Å². The van der Waals surface area contributed by atoms with Crippen molar-refractivity contribution in [2.45, 2.75) is 79.2 Å². The van der Waals surface area contributed by atoms with Crippen molar-refractivity contribution in [3.63, 3.8) is 0 Å². The molecule has 2 aromatic carbocycles. The Hall–Kier alpha value is -7.55. The van der Waals surface area contributed by atoms with Crippen LogP contribution in [-0.2, 0) is 31.0 Å². The minimum Gasteiger partial charge on any atom is -0.491 e. The van der Waals surface area contributed by atoms with Crippen molar-refractivity contribution in [2.75, 3.05) is 43.5 Å². The smallest absolute Gasteiger partial charge is 0.320 e. The molecule has 6 aromatic rings. The van der Waals surface area contributed by atoms with Crippen LogP contribution >= 0.6 is 0 Å². The third kappa shape index (κ3) is 9.12. The number of carboxylic acid groups (broad SMARTS) is 1. The Bertz CT molecular complexity index is 2870. The average Bonchev–Trinajstić information content (AvgIpc) is 4.11. The number of anilines is 2. The minimum atomic E-state index is -0.880. The summed E-state index contributed by atoms with van der Waals surface area (Å²) in [4.78, 5) is 77.0. The van der Waals surface area contributed by atoms with Crippen LogP contribution in [0.5, 0.6) is 11.5 Å². The molecule has 1 saturated heterocycles. The number of aryl methyl sites for hydroxylation is 4. The number of carbonyl (C=O) groups excluding carboxylic acids is 4. The molecule has 0 aliphatic carbocycles. The number of imidazole rings is 2. The fourth-order valence-corrected chi connectivity index (χ4v) is 8.34. The van der Waals surface area contributed by atoms with Gasteiger partial charge < -0.3 is 34.8 Å². The summed E-state index contributed by atoms with van der Waals surface area (Å²) >= 11 is 0. The second kappa shape index (κ2) is 18.7. The first-order chi connectivity index (χ1) is 31.3. The molecule has 4 amide bonds. The SMILES string of the molecule is CCn1nc(C)cc1C(=O)Nc1nc2cc(C(N)=O)cc3c2n1C/C=C/Cn1c(NC(=O)c2cc(C)nn2CC)nc2cc(C(=O)NCCN4CCCC4C(=O)O)cc(c21)OCCCO3. The van der Waals surface area contributed by atoms with E-state index in [2.05, 4.69) is 26.1 Å². The maximum atomic E-state index is 13.9. The summed E-state index contributed by atoms with van der Waals surface area (Å²) in [6.45, 7) is 10.1.